The standard InChI is InChI=1S/C19H20ClN3O4S/c20-16-5-7-17(8-6-16)28(26,27)23-11-9-14(10-12-23)19(25)22-21-13-15-3-1-2-4-18(15)24/h1-8,13-14,24H,9-12H2,(H,22,25). The average Bonchev–Trinajstić information content (AvgIpc) is 2.70. The van der Waals surface area contributed by atoms with Gasteiger partial charge in [0.15, 0.2) is 0 Å². The maximum absolute atomic E-state index is 12.7. The van der Waals surface area contributed by atoms with Gasteiger partial charge in [-0.3, -0.25) is 4.79 Å². The minimum Gasteiger partial charge on any atom is -0.507 e. The summed E-state index contributed by atoms with van der Waals surface area (Å²) in [6.07, 6.45) is 2.18. The van der Waals surface area contributed by atoms with Crippen LogP contribution >= 0.6 is 11.6 Å². The molecule has 1 aliphatic rings. The Bertz CT molecular complexity index is 969. The molecule has 0 unspecified atom stereocenters. The van der Waals surface area contributed by atoms with E-state index in [1.165, 1.54) is 40.9 Å². The third-order valence-corrected chi connectivity index (χ3v) is 6.76. The number of carbonyl (C=O) groups is 1. The maximum atomic E-state index is 12.7. The molecule has 3 rings (SSSR count). The normalized spacial score (nSPS) is 16.3. The van der Waals surface area contributed by atoms with E-state index in [-0.39, 0.29) is 35.6 Å². The second kappa shape index (κ2) is 8.72. The van der Waals surface area contributed by atoms with Gasteiger partial charge in [0.25, 0.3) is 0 Å². The monoisotopic (exact) mass is 421 g/mol. The van der Waals surface area contributed by atoms with Gasteiger partial charge in [-0.15, -0.1) is 0 Å². The van der Waals surface area contributed by atoms with E-state index in [4.69, 9.17) is 11.6 Å². The topological polar surface area (TPSA) is 99.1 Å². The van der Waals surface area contributed by atoms with Gasteiger partial charge in [-0.25, -0.2) is 13.8 Å². The fraction of sp³-hybridized carbons (Fsp3) is 0.263. The summed E-state index contributed by atoms with van der Waals surface area (Å²) in [5, 5.41) is 14.0. The Hall–Kier alpha value is -2.42. The third kappa shape index (κ3) is 4.70. The van der Waals surface area contributed by atoms with Crippen molar-refractivity contribution in [2.24, 2.45) is 11.0 Å². The fourth-order valence-electron chi connectivity index (χ4n) is 2.97. The van der Waals surface area contributed by atoms with Crippen molar-refractivity contribution in [3.63, 3.8) is 0 Å². The van der Waals surface area contributed by atoms with Crippen LogP contribution in [0.5, 0.6) is 5.75 Å². The fourth-order valence-corrected chi connectivity index (χ4v) is 4.56. The first-order valence-electron chi connectivity index (χ1n) is 8.74. The third-order valence-electron chi connectivity index (χ3n) is 4.59. The van der Waals surface area contributed by atoms with E-state index in [1.54, 1.807) is 18.2 Å². The van der Waals surface area contributed by atoms with Crippen LogP contribution in [0.4, 0.5) is 0 Å². The number of hydrogen-bond acceptors (Lipinski definition) is 5. The molecule has 2 aromatic carbocycles. The molecule has 0 atom stereocenters. The zero-order valence-corrected chi connectivity index (χ0v) is 16.5. The number of hydrazone groups is 1. The molecule has 1 saturated heterocycles. The van der Waals surface area contributed by atoms with Crippen LogP contribution in [0, 0.1) is 5.92 Å². The molecular weight excluding hydrogens is 402 g/mol. The molecule has 0 aromatic heterocycles. The minimum atomic E-state index is -3.60. The number of piperidine rings is 1. The Morgan fingerprint density at radius 2 is 1.79 bits per heavy atom. The molecule has 0 bridgehead atoms. The molecule has 1 heterocycles. The lowest BCUT2D eigenvalue weighted by Crippen LogP contribution is -2.42. The molecule has 1 amide bonds. The van der Waals surface area contributed by atoms with Gasteiger partial charge in [0.05, 0.1) is 11.1 Å². The van der Waals surface area contributed by atoms with Gasteiger partial charge in [0.2, 0.25) is 15.9 Å². The van der Waals surface area contributed by atoms with Crippen LogP contribution in [0.25, 0.3) is 0 Å². The second-order valence-corrected chi connectivity index (χ2v) is 8.80. The number of phenols is 1. The van der Waals surface area contributed by atoms with Crippen molar-refractivity contribution in [3.8, 4) is 5.75 Å². The zero-order valence-electron chi connectivity index (χ0n) is 15.0. The Kier molecular flexibility index (Phi) is 6.33. The molecule has 1 fully saturated rings. The highest BCUT2D eigenvalue weighted by molar-refractivity contribution is 7.89. The molecule has 0 aliphatic carbocycles. The largest absolute Gasteiger partial charge is 0.507 e. The van der Waals surface area contributed by atoms with Crippen LogP contribution in [0.1, 0.15) is 18.4 Å². The first kappa shape index (κ1) is 20.3. The number of carbonyl (C=O) groups excluding carboxylic acids is 1. The van der Waals surface area contributed by atoms with E-state index >= 15 is 0 Å². The molecule has 7 nitrogen and oxygen atoms in total. The Morgan fingerprint density at radius 1 is 1.14 bits per heavy atom. The highest BCUT2D eigenvalue weighted by Gasteiger charge is 2.32. The van der Waals surface area contributed by atoms with E-state index in [1.807, 2.05) is 0 Å². The Balaban J connectivity index is 1.55. The lowest BCUT2D eigenvalue weighted by atomic mass is 9.98. The van der Waals surface area contributed by atoms with Crippen LogP contribution in [0.2, 0.25) is 5.02 Å². The van der Waals surface area contributed by atoms with Crippen LogP contribution < -0.4 is 5.43 Å². The number of nitrogens with one attached hydrogen (secondary N) is 1. The van der Waals surface area contributed by atoms with E-state index in [2.05, 4.69) is 10.5 Å². The first-order chi connectivity index (χ1) is 13.4. The smallest absolute Gasteiger partial charge is 0.243 e. The number of nitrogens with zero attached hydrogens (tertiary/aromatic N) is 2. The number of benzene rings is 2. The van der Waals surface area contributed by atoms with Crippen molar-refractivity contribution in [3.05, 3.63) is 59.1 Å². The van der Waals surface area contributed by atoms with Crippen molar-refractivity contribution in [1.29, 1.82) is 0 Å². The number of sulfonamides is 1. The second-order valence-electron chi connectivity index (χ2n) is 6.43. The summed E-state index contributed by atoms with van der Waals surface area (Å²) in [6.45, 7) is 0.512. The molecule has 0 spiro atoms. The minimum absolute atomic E-state index is 0.0706. The van der Waals surface area contributed by atoms with Crippen LogP contribution in [0.3, 0.4) is 0 Å². The number of halogens is 1. The molecule has 2 aromatic rings. The number of hydrogen-bond donors (Lipinski definition) is 2. The molecule has 1 aliphatic heterocycles. The van der Waals surface area contributed by atoms with Gasteiger partial charge in [0, 0.05) is 29.6 Å². The number of amides is 1. The summed E-state index contributed by atoms with van der Waals surface area (Å²) < 4.78 is 26.7. The van der Waals surface area contributed by atoms with Gasteiger partial charge in [0.1, 0.15) is 5.75 Å². The van der Waals surface area contributed by atoms with Gasteiger partial charge in [-0.2, -0.15) is 9.41 Å². The predicted octanol–water partition coefficient (Wildman–Crippen LogP) is 2.60. The van der Waals surface area contributed by atoms with Gasteiger partial charge in [-0.05, 0) is 49.2 Å². The summed E-state index contributed by atoms with van der Waals surface area (Å²) >= 11 is 5.81. The van der Waals surface area contributed by atoms with Crippen molar-refractivity contribution >= 4 is 33.7 Å². The summed E-state index contributed by atoms with van der Waals surface area (Å²) in [5.41, 5.74) is 2.95. The van der Waals surface area contributed by atoms with Gasteiger partial charge < -0.3 is 5.11 Å². The summed E-state index contributed by atoms with van der Waals surface area (Å²) in [5.74, 6) is -0.519. The Morgan fingerprint density at radius 3 is 2.43 bits per heavy atom. The van der Waals surface area contributed by atoms with Crippen molar-refractivity contribution < 1.29 is 18.3 Å². The van der Waals surface area contributed by atoms with E-state index < -0.39 is 10.0 Å². The van der Waals surface area contributed by atoms with E-state index in [0.29, 0.717) is 23.4 Å². The number of rotatable bonds is 5. The zero-order chi connectivity index (χ0) is 20.1. The van der Waals surface area contributed by atoms with Crippen LogP contribution in [-0.4, -0.2) is 43.0 Å². The quantitative estimate of drug-likeness (QED) is 0.572. The van der Waals surface area contributed by atoms with Crippen molar-refractivity contribution in [1.82, 2.24) is 9.73 Å². The average molecular weight is 422 g/mol. The van der Waals surface area contributed by atoms with Gasteiger partial charge >= 0.3 is 0 Å². The highest BCUT2D eigenvalue weighted by atomic mass is 35.5. The SMILES string of the molecule is O=C(NN=Cc1ccccc1O)C1CCN(S(=O)(=O)c2ccc(Cl)cc2)CC1. The molecule has 0 saturated carbocycles. The molecule has 28 heavy (non-hydrogen) atoms. The van der Waals surface area contributed by atoms with Crippen LogP contribution in [-0.2, 0) is 14.8 Å². The number of aromatic hydroxyl groups is 1. The molecule has 0 radical (unpaired) electrons. The molecule has 9 heteroatoms. The number of phenolic OH excluding ortho intramolecular Hbond substituents is 1. The Labute approximate surface area is 168 Å². The molecule has 148 valence electrons. The van der Waals surface area contributed by atoms with E-state index in [9.17, 15) is 18.3 Å². The molecule has 2 N–H and O–H groups in total. The first-order valence-corrected chi connectivity index (χ1v) is 10.6. The summed E-state index contributed by atoms with van der Waals surface area (Å²) in [4.78, 5) is 12.5. The highest BCUT2D eigenvalue weighted by Crippen LogP contribution is 2.25. The number of para-hydroxylation sites is 1. The van der Waals surface area contributed by atoms with Crippen molar-refractivity contribution in [2.45, 2.75) is 17.7 Å². The predicted molar refractivity (Wildman–Crippen MR) is 107 cm³/mol. The lowest BCUT2D eigenvalue weighted by molar-refractivity contribution is -0.126. The van der Waals surface area contributed by atoms with Gasteiger partial charge in [-0.1, -0.05) is 23.7 Å². The summed E-state index contributed by atoms with van der Waals surface area (Å²) in [7, 11) is -3.60. The van der Waals surface area contributed by atoms with Crippen LogP contribution in [0.15, 0.2) is 58.5 Å². The maximum Gasteiger partial charge on any atom is 0.243 e. The van der Waals surface area contributed by atoms with E-state index in [0.717, 1.165) is 0 Å². The molecular formula is C19H20ClN3O4S. The summed E-state index contributed by atoms with van der Waals surface area (Å²) in [6, 6.07) is 12.7. The lowest BCUT2D eigenvalue weighted by Gasteiger charge is -2.30. The van der Waals surface area contributed by atoms with Crippen molar-refractivity contribution in [2.75, 3.05) is 13.1 Å².